The van der Waals surface area contributed by atoms with Gasteiger partial charge in [0.1, 0.15) is 0 Å². The molecule has 1 aliphatic rings. The Morgan fingerprint density at radius 1 is 1.27 bits per heavy atom. The number of hydrogen-bond donors (Lipinski definition) is 2. The molecular weight excluding hydrogens is 411 g/mol. The number of nitrogens with one attached hydrogen (secondary N) is 1. The summed E-state index contributed by atoms with van der Waals surface area (Å²) in [5.74, 6) is 2.82. The molecule has 1 amide bonds. The van der Waals surface area contributed by atoms with E-state index in [0.717, 1.165) is 31.0 Å². The Balaban J connectivity index is 0.00000242. The molecule has 1 aromatic rings. The lowest BCUT2D eigenvalue weighted by Gasteiger charge is -2.27. The molecule has 0 atom stereocenters. The van der Waals surface area contributed by atoms with Crippen LogP contribution in [0.3, 0.4) is 0 Å². The maximum absolute atomic E-state index is 11.8. The Morgan fingerprint density at radius 2 is 1.95 bits per heavy atom. The van der Waals surface area contributed by atoms with Gasteiger partial charge in [0.05, 0.1) is 0 Å². The van der Waals surface area contributed by atoms with Gasteiger partial charge < -0.3 is 16.0 Å². The fourth-order valence-corrected chi connectivity index (χ4v) is 2.96. The summed E-state index contributed by atoms with van der Waals surface area (Å²) in [6, 6.07) is 9.22. The van der Waals surface area contributed by atoms with Crippen LogP contribution in [0.2, 0.25) is 0 Å². The predicted octanol–water partition coefficient (Wildman–Crippen LogP) is 1.79. The highest BCUT2D eigenvalue weighted by Gasteiger charge is 2.11. The standard InChI is InChI=1S/C15H22N4OS.HI/c16-15(19-9-11-21-12-10-19)18-8-4-7-17-14(20)13-5-2-1-3-6-13;/h1-3,5-6H,4,7-12H2,(H2,16,18)(H,17,20);1H. The molecule has 3 N–H and O–H groups in total. The van der Waals surface area contributed by atoms with Crippen molar-refractivity contribution in [1.29, 1.82) is 0 Å². The van der Waals surface area contributed by atoms with Crippen LogP contribution in [0, 0.1) is 0 Å². The number of hydrogen-bond acceptors (Lipinski definition) is 3. The summed E-state index contributed by atoms with van der Waals surface area (Å²) < 4.78 is 0. The molecule has 1 aromatic carbocycles. The molecule has 1 saturated heterocycles. The summed E-state index contributed by atoms with van der Waals surface area (Å²) in [7, 11) is 0. The largest absolute Gasteiger partial charge is 0.370 e. The molecule has 1 fully saturated rings. The van der Waals surface area contributed by atoms with Crippen LogP contribution in [0.25, 0.3) is 0 Å². The van der Waals surface area contributed by atoms with E-state index in [-0.39, 0.29) is 29.9 Å². The van der Waals surface area contributed by atoms with E-state index in [1.54, 1.807) is 12.1 Å². The molecule has 0 aliphatic carbocycles. The first-order valence-corrected chi connectivity index (χ1v) is 8.38. The van der Waals surface area contributed by atoms with Crippen molar-refractivity contribution in [3.05, 3.63) is 35.9 Å². The van der Waals surface area contributed by atoms with Gasteiger partial charge in [-0.05, 0) is 18.6 Å². The minimum atomic E-state index is -0.0411. The lowest BCUT2D eigenvalue weighted by atomic mass is 10.2. The lowest BCUT2D eigenvalue weighted by Crippen LogP contribution is -2.42. The molecule has 5 nitrogen and oxygen atoms in total. The molecule has 122 valence electrons. The third-order valence-corrected chi connectivity index (χ3v) is 4.21. The summed E-state index contributed by atoms with van der Waals surface area (Å²) in [5.41, 5.74) is 6.65. The Morgan fingerprint density at radius 3 is 2.64 bits per heavy atom. The van der Waals surface area contributed by atoms with Crippen LogP contribution in [0.5, 0.6) is 0 Å². The first kappa shape index (κ1) is 19.1. The molecular formula is C15H23IN4OS. The van der Waals surface area contributed by atoms with Crippen LogP contribution in [-0.4, -0.2) is 54.5 Å². The van der Waals surface area contributed by atoms with Crippen LogP contribution in [-0.2, 0) is 0 Å². The number of thioether (sulfide) groups is 1. The normalized spacial score (nSPS) is 15.1. The first-order chi connectivity index (χ1) is 10.3. The highest BCUT2D eigenvalue weighted by Crippen LogP contribution is 2.08. The highest BCUT2D eigenvalue weighted by atomic mass is 127. The van der Waals surface area contributed by atoms with Gasteiger partial charge in [-0.2, -0.15) is 11.8 Å². The molecule has 0 unspecified atom stereocenters. The van der Waals surface area contributed by atoms with Crippen LogP contribution in [0.15, 0.2) is 35.3 Å². The number of carbonyl (C=O) groups is 1. The van der Waals surface area contributed by atoms with Gasteiger partial charge in [0.25, 0.3) is 5.91 Å². The molecule has 2 rings (SSSR count). The Hall–Kier alpha value is -0.960. The van der Waals surface area contributed by atoms with Gasteiger partial charge in [0.15, 0.2) is 5.96 Å². The van der Waals surface area contributed by atoms with Gasteiger partial charge >= 0.3 is 0 Å². The second-order valence-corrected chi connectivity index (χ2v) is 6.04. The van der Waals surface area contributed by atoms with Crippen molar-refractivity contribution in [1.82, 2.24) is 10.2 Å². The summed E-state index contributed by atoms with van der Waals surface area (Å²) in [4.78, 5) is 18.3. The zero-order valence-electron chi connectivity index (χ0n) is 12.5. The van der Waals surface area contributed by atoms with E-state index in [1.165, 1.54) is 0 Å². The number of halogens is 1. The highest BCUT2D eigenvalue weighted by molar-refractivity contribution is 14.0. The molecule has 0 bridgehead atoms. The summed E-state index contributed by atoms with van der Waals surface area (Å²) in [6.07, 6.45) is 0.794. The summed E-state index contributed by atoms with van der Waals surface area (Å²) >= 11 is 1.95. The van der Waals surface area contributed by atoms with Crippen molar-refractivity contribution in [3.63, 3.8) is 0 Å². The zero-order chi connectivity index (χ0) is 14.9. The SMILES string of the molecule is I.NC(=NCCCNC(=O)c1ccccc1)N1CCSCC1. The number of nitrogens with two attached hydrogens (primary N) is 1. The van der Waals surface area contributed by atoms with Crippen molar-refractivity contribution in [2.24, 2.45) is 10.7 Å². The predicted molar refractivity (Wildman–Crippen MR) is 104 cm³/mol. The van der Waals surface area contributed by atoms with Crippen molar-refractivity contribution in [3.8, 4) is 0 Å². The smallest absolute Gasteiger partial charge is 0.251 e. The molecule has 0 radical (unpaired) electrons. The average molecular weight is 434 g/mol. The molecule has 0 aromatic heterocycles. The lowest BCUT2D eigenvalue weighted by molar-refractivity contribution is 0.0953. The van der Waals surface area contributed by atoms with Crippen LogP contribution < -0.4 is 11.1 Å². The second-order valence-electron chi connectivity index (χ2n) is 4.81. The Kier molecular flexibility index (Phi) is 9.30. The maximum Gasteiger partial charge on any atom is 0.251 e. The molecule has 1 aliphatic heterocycles. The van der Waals surface area contributed by atoms with Gasteiger partial charge in [0, 0.05) is 43.2 Å². The number of nitrogens with zero attached hydrogens (tertiary/aromatic N) is 2. The number of benzene rings is 1. The van der Waals surface area contributed by atoms with E-state index in [2.05, 4.69) is 15.2 Å². The molecule has 0 spiro atoms. The molecule has 22 heavy (non-hydrogen) atoms. The first-order valence-electron chi connectivity index (χ1n) is 7.23. The van der Waals surface area contributed by atoms with E-state index in [4.69, 9.17) is 5.73 Å². The van der Waals surface area contributed by atoms with Crippen LogP contribution >= 0.6 is 35.7 Å². The van der Waals surface area contributed by atoms with Gasteiger partial charge in [-0.15, -0.1) is 24.0 Å². The van der Waals surface area contributed by atoms with Gasteiger partial charge in [-0.25, -0.2) is 0 Å². The summed E-state index contributed by atoms with van der Waals surface area (Å²) in [5, 5.41) is 2.89. The quantitative estimate of drug-likeness (QED) is 0.321. The van der Waals surface area contributed by atoms with E-state index >= 15 is 0 Å². The zero-order valence-corrected chi connectivity index (χ0v) is 15.7. The van der Waals surface area contributed by atoms with Gasteiger partial charge in [-0.1, -0.05) is 18.2 Å². The number of amides is 1. The van der Waals surface area contributed by atoms with Gasteiger partial charge in [0.2, 0.25) is 0 Å². The number of guanidine groups is 1. The number of rotatable bonds is 5. The third-order valence-electron chi connectivity index (χ3n) is 3.27. The summed E-state index contributed by atoms with van der Waals surface area (Å²) in [6.45, 7) is 3.21. The maximum atomic E-state index is 11.8. The topological polar surface area (TPSA) is 70.7 Å². The molecule has 7 heteroatoms. The third kappa shape index (κ3) is 6.43. The number of aliphatic imine (C=N–C) groups is 1. The van der Waals surface area contributed by atoms with Crippen molar-refractivity contribution in [2.45, 2.75) is 6.42 Å². The number of carbonyl (C=O) groups excluding carboxylic acids is 1. The minimum absolute atomic E-state index is 0. The minimum Gasteiger partial charge on any atom is -0.370 e. The molecule has 1 heterocycles. The van der Waals surface area contributed by atoms with E-state index in [1.807, 2.05) is 30.0 Å². The van der Waals surface area contributed by atoms with E-state index in [0.29, 0.717) is 24.6 Å². The van der Waals surface area contributed by atoms with Crippen molar-refractivity contribution in [2.75, 3.05) is 37.7 Å². The van der Waals surface area contributed by atoms with E-state index in [9.17, 15) is 4.79 Å². The van der Waals surface area contributed by atoms with Crippen LogP contribution in [0.4, 0.5) is 0 Å². The Labute approximate surface area is 153 Å². The fourth-order valence-electron chi connectivity index (χ4n) is 2.06. The van der Waals surface area contributed by atoms with Crippen molar-refractivity contribution >= 4 is 47.6 Å². The van der Waals surface area contributed by atoms with Crippen LogP contribution in [0.1, 0.15) is 16.8 Å². The second kappa shape index (κ2) is 10.7. The van der Waals surface area contributed by atoms with E-state index < -0.39 is 0 Å². The molecule has 0 saturated carbocycles. The van der Waals surface area contributed by atoms with Crippen molar-refractivity contribution < 1.29 is 4.79 Å². The Bertz CT molecular complexity index is 478. The fraction of sp³-hybridized carbons (Fsp3) is 0.467. The average Bonchev–Trinajstić information content (AvgIpc) is 2.55. The monoisotopic (exact) mass is 434 g/mol. The van der Waals surface area contributed by atoms with Gasteiger partial charge in [-0.3, -0.25) is 9.79 Å².